The van der Waals surface area contributed by atoms with Crippen LogP contribution in [0.25, 0.3) is 10.2 Å². The number of sulfonamides is 1. The van der Waals surface area contributed by atoms with E-state index in [2.05, 4.69) is 4.98 Å². The fourth-order valence-corrected chi connectivity index (χ4v) is 6.69. The van der Waals surface area contributed by atoms with Crippen molar-refractivity contribution in [1.82, 2.24) is 9.29 Å². The van der Waals surface area contributed by atoms with Crippen molar-refractivity contribution in [3.8, 4) is 0 Å². The second-order valence-electron chi connectivity index (χ2n) is 8.20. The molecule has 0 aliphatic carbocycles. The second-order valence-corrected chi connectivity index (χ2v) is 11.1. The number of carbonyl (C=O) groups is 1. The molecule has 2 aromatic carbocycles. The number of fused-ring (bicyclic) bond motifs is 1. The molecule has 182 valence electrons. The summed E-state index contributed by atoms with van der Waals surface area (Å²) in [6, 6.07) is 13.3. The Hall–Kier alpha value is -3.15. The Kier molecular flexibility index (Phi) is 6.39. The summed E-state index contributed by atoms with van der Waals surface area (Å²) in [6.07, 6.45) is 2.03. The van der Waals surface area contributed by atoms with Gasteiger partial charge >= 0.3 is 0 Å². The van der Waals surface area contributed by atoms with Gasteiger partial charge in [0.25, 0.3) is 0 Å². The Morgan fingerprint density at radius 2 is 1.80 bits per heavy atom. The standard InChI is InChI=1S/C24H21F2N3O4S2/c25-18-6-1-2-9-21(18)35(31,32)28-12-10-16(11-13-28)23(30)29(15-17-5-4-14-33-17)24-27-22-19(26)7-3-8-20(22)34-24/h1-9,14,16H,10-13,15H2. The molecular weight excluding hydrogens is 496 g/mol. The maximum absolute atomic E-state index is 14.3. The van der Waals surface area contributed by atoms with Crippen LogP contribution in [0, 0.1) is 17.6 Å². The molecule has 5 rings (SSSR count). The number of furan rings is 1. The first-order chi connectivity index (χ1) is 16.8. The average molecular weight is 518 g/mol. The molecule has 0 radical (unpaired) electrons. The lowest BCUT2D eigenvalue weighted by molar-refractivity contribution is -0.123. The summed E-state index contributed by atoms with van der Waals surface area (Å²) in [5.41, 5.74) is 0.190. The van der Waals surface area contributed by atoms with Crippen LogP contribution >= 0.6 is 11.3 Å². The summed E-state index contributed by atoms with van der Waals surface area (Å²) >= 11 is 1.20. The lowest BCUT2D eigenvalue weighted by atomic mass is 9.96. The molecule has 1 fully saturated rings. The van der Waals surface area contributed by atoms with Gasteiger partial charge in [0.05, 0.1) is 17.5 Å². The van der Waals surface area contributed by atoms with Crippen LogP contribution in [0.4, 0.5) is 13.9 Å². The number of carbonyl (C=O) groups excluding carboxylic acids is 1. The van der Waals surface area contributed by atoms with Crippen LogP contribution in [0.15, 0.2) is 70.2 Å². The predicted molar refractivity (Wildman–Crippen MR) is 127 cm³/mol. The van der Waals surface area contributed by atoms with E-state index >= 15 is 0 Å². The molecule has 1 aliphatic heterocycles. The van der Waals surface area contributed by atoms with E-state index in [1.54, 1.807) is 24.3 Å². The second kappa shape index (κ2) is 9.48. The molecule has 3 heterocycles. The van der Waals surface area contributed by atoms with Gasteiger partial charge < -0.3 is 4.42 Å². The van der Waals surface area contributed by atoms with E-state index in [4.69, 9.17) is 4.42 Å². The highest BCUT2D eigenvalue weighted by Gasteiger charge is 2.36. The van der Waals surface area contributed by atoms with Gasteiger partial charge in [-0.3, -0.25) is 9.69 Å². The van der Waals surface area contributed by atoms with Gasteiger partial charge in [0.2, 0.25) is 15.9 Å². The highest BCUT2D eigenvalue weighted by Crippen LogP contribution is 2.34. The molecule has 1 aliphatic rings. The van der Waals surface area contributed by atoms with Crippen LogP contribution in [-0.4, -0.2) is 36.7 Å². The van der Waals surface area contributed by atoms with E-state index < -0.39 is 27.6 Å². The van der Waals surface area contributed by atoms with Gasteiger partial charge in [-0.05, 0) is 49.2 Å². The Labute approximate surface area is 204 Å². The number of aromatic nitrogens is 1. The number of piperidine rings is 1. The third kappa shape index (κ3) is 4.58. The minimum Gasteiger partial charge on any atom is -0.467 e. The topological polar surface area (TPSA) is 83.7 Å². The van der Waals surface area contributed by atoms with Crippen molar-refractivity contribution >= 4 is 42.6 Å². The number of thiazole rings is 1. The van der Waals surface area contributed by atoms with Gasteiger partial charge in [-0.15, -0.1) is 0 Å². The predicted octanol–water partition coefficient (Wildman–Crippen LogP) is 4.80. The van der Waals surface area contributed by atoms with E-state index in [1.165, 1.54) is 51.1 Å². The quantitative estimate of drug-likeness (QED) is 0.367. The first-order valence-electron chi connectivity index (χ1n) is 11.0. The number of nitrogens with zero attached hydrogens (tertiary/aromatic N) is 3. The fraction of sp³-hybridized carbons (Fsp3) is 0.250. The molecule has 35 heavy (non-hydrogen) atoms. The van der Waals surface area contributed by atoms with Crippen LogP contribution in [-0.2, 0) is 21.4 Å². The van der Waals surface area contributed by atoms with Crippen molar-refractivity contribution in [1.29, 1.82) is 0 Å². The maximum Gasteiger partial charge on any atom is 0.245 e. The lowest BCUT2D eigenvalue weighted by Gasteiger charge is -2.32. The number of amides is 1. The van der Waals surface area contributed by atoms with E-state index in [9.17, 15) is 22.0 Å². The summed E-state index contributed by atoms with van der Waals surface area (Å²) < 4.78 is 61.5. The maximum atomic E-state index is 14.3. The number of benzene rings is 2. The largest absolute Gasteiger partial charge is 0.467 e. The third-order valence-electron chi connectivity index (χ3n) is 6.01. The molecule has 0 saturated carbocycles. The highest BCUT2D eigenvalue weighted by atomic mass is 32.2. The number of halogens is 2. The van der Waals surface area contributed by atoms with Crippen molar-refractivity contribution < 1.29 is 26.4 Å². The van der Waals surface area contributed by atoms with E-state index in [0.29, 0.717) is 15.6 Å². The summed E-state index contributed by atoms with van der Waals surface area (Å²) in [4.78, 5) is 19.1. The molecule has 11 heteroatoms. The van der Waals surface area contributed by atoms with Crippen LogP contribution in [0.1, 0.15) is 18.6 Å². The molecule has 0 bridgehead atoms. The minimum atomic E-state index is -4.01. The zero-order valence-corrected chi connectivity index (χ0v) is 20.1. The molecule has 0 unspecified atom stereocenters. The smallest absolute Gasteiger partial charge is 0.245 e. The van der Waals surface area contributed by atoms with Crippen LogP contribution < -0.4 is 4.90 Å². The van der Waals surface area contributed by atoms with Gasteiger partial charge in [0.1, 0.15) is 27.8 Å². The summed E-state index contributed by atoms with van der Waals surface area (Å²) in [7, 11) is -4.01. The normalized spacial score (nSPS) is 15.5. The molecular formula is C24H21F2N3O4S2. The number of para-hydroxylation sites is 1. The zero-order chi connectivity index (χ0) is 24.6. The van der Waals surface area contributed by atoms with E-state index in [-0.39, 0.29) is 48.8 Å². The Bertz CT molecular complexity index is 1460. The number of rotatable bonds is 6. The van der Waals surface area contributed by atoms with Crippen LogP contribution in [0.2, 0.25) is 0 Å². The van der Waals surface area contributed by atoms with Crippen molar-refractivity contribution in [3.63, 3.8) is 0 Å². The van der Waals surface area contributed by atoms with Crippen molar-refractivity contribution in [3.05, 3.63) is 78.3 Å². The number of hydrogen-bond acceptors (Lipinski definition) is 6. The number of hydrogen-bond donors (Lipinski definition) is 0. The Morgan fingerprint density at radius 3 is 2.49 bits per heavy atom. The summed E-state index contributed by atoms with van der Waals surface area (Å²) in [6.45, 7) is 0.271. The minimum absolute atomic E-state index is 0.0795. The molecule has 2 aromatic heterocycles. The molecule has 1 saturated heterocycles. The van der Waals surface area contributed by atoms with E-state index in [0.717, 1.165) is 6.07 Å². The summed E-state index contributed by atoms with van der Waals surface area (Å²) in [5.74, 6) is -1.46. The zero-order valence-electron chi connectivity index (χ0n) is 18.4. The monoisotopic (exact) mass is 517 g/mol. The van der Waals surface area contributed by atoms with Crippen LogP contribution in [0.5, 0.6) is 0 Å². The molecule has 0 N–H and O–H groups in total. The van der Waals surface area contributed by atoms with Gasteiger partial charge in [0, 0.05) is 19.0 Å². The van der Waals surface area contributed by atoms with Crippen molar-refractivity contribution in [2.24, 2.45) is 5.92 Å². The van der Waals surface area contributed by atoms with Gasteiger partial charge in [-0.25, -0.2) is 22.2 Å². The van der Waals surface area contributed by atoms with Gasteiger partial charge in [-0.1, -0.05) is 29.5 Å². The molecule has 1 amide bonds. The first-order valence-corrected chi connectivity index (χ1v) is 13.2. The third-order valence-corrected chi connectivity index (χ3v) is 8.98. The first kappa shape index (κ1) is 23.6. The average Bonchev–Trinajstić information content (AvgIpc) is 3.53. The van der Waals surface area contributed by atoms with Gasteiger partial charge in [-0.2, -0.15) is 4.31 Å². The van der Waals surface area contributed by atoms with E-state index in [1.807, 2.05) is 0 Å². The molecule has 4 aromatic rings. The molecule has 0 spiro atoms. The van der Waals surface area contributed by atoms with Crippen molar-refractivity contribution in [2.45, 2.75) is 24.3 Å². The molecule has 7 nitrogen and oxygen atoms in total. The van der Waals surface area contributed by atoms with Gasteiger partial charge in [0.15, 0.2) is 5.13 Å². The molecule has 0 atom stereocenters. The summed E-state index contributed by atoms with van der Waals surface area (Å²) in [5, 5.41) is 0.341. The van der Waals surface area contributed by atoms with Crippen molar-refractivity contribution in [2.75, 3.05) is 18.0 Å². The van der Waals surface area contributed by atoms with Crippen LogP contribution in [0.3, 0.4) is 0 Å². The number of anilines is 1. The Morgan fingerprint density at radius 1 is 1.06 bits per heavy atom. The Balaban J connectivity index is 1.37. The SMILES string of the molecule is O=C(C1CCN(S(=O)(=O)c2ccccc2F)CC1)N(Cc1ccco1)c1nc2c(F)cccc2s1. The lowest BCUT2D eigenvalue weighted by Crippen LogP contribution is -2.44. The highest BCUT2D eigenvalue weighted by molar-refractivity contribution is 7.89. The fourth-order valence-electron chi connectivity index (χ4n) is 4.17.